The van der Waals surface area contributed by atoms with E-state index >= 15 is 0 Å². The Hall–Kier alpha value is -6.64. The number of benzene rings is 9. The number of fused-ring (bicyclic) bond motifs is 12. The third-order valence-corrected chi connectivity index (χ3v) is 10.5. The molecule has 0 aliphatic heterocycles. The van der Waals surface area contributed by atoms with Gasteiger partial charge in [-0.05, 0) is 86.4 Å². The highest BCUT2D eigenvalue weighted by atomic mass is 15.0. The summed E-state index contributed by atoms with van der Waals surface area (Å²) in [6.07, 6.45) is 0. The van der Waals surface area contributed by atoms with Crippen molar-refractivity contribution in [3.63, 3.8) is 0 Å². The van der Waals surface area contributed by atoms with Gasteiger partial charge in [0.2, 0.25) is 0 Å². The van der Waals surface area contributed by atoms with Crippen LogP contribution in [0.4, 0.5) is 0 Å². The molecular weight excluding hydrogens is 605 g/mol. The van der Waals surface area contributed by atoms with E-state index in [0.29, 0.717) is 18.1 Å². The van der Waals surface area contributed by atoms with Crippen molar-refractivity contribution in [2.24, 2.45) is 0 Å². The molecule has 0 spiro atoms. The lowest BCUT2D eigenvalue weighted by molar-refractivity contribution is 1.18. The third kappa shape index (κ3) is 3.79. The Labute approximate surface area is 292 Å². The summed E-state index contributed by atoms with van der Waals surface area (Å²) < 4.78 is 30.6. The molecule has 9 aromatic carbocycles. The minimum Gasteiger partial charge on any atom is -0.309 e. The second-order valence-electron chi connectivity index (χ2n) is 13.1. The molecule has 0 N–H and O–H groups in total. The molecule has 2 heterocycles. The fourth-order valence-electron chi connectivity index (χ4n) is 8.34. The zero-order valence-corrected chi connectivity index (χ0v) is 27.0. The van der Waals surface area contributed by atoms with E-state index in [1.807, 2.05) is 60.7 Å². The summed E-state index contributed by atoms with van der Waals surface area (Å²) in [5.74, 6) is 0. The summed E-state index contributed by atoms with van der Waals surface area (Å²) in [5, 5.41) is 11.4. The van der Waals surface area contributed by atoms with Crippen molar-refractivity contribution >= 4 is 75.9 Å². The lowest BCUT2D eigenvalue weighted by Crippen LogP contribution is -1.95. The number of hydrogen-bond acceptors (Lipinski definition) is 0. The second-order valence-corrected chi connectivity index (χ2v) is 13.1. The van der Waals surface area contributed by atoms with E-state index in [4.69, 9.17) is 4.11 Å². The van der Waals surface area contributed by atoms with Crippen molar-refractivity contribution in [1.29, 1.82) is 0 Å². The van der Waals surface area contributed by atoms with Crippen molar-refractivity contribution < 1.29 is 4.11 Å². The van der Waals surface area contributed by atoms with Gasteiger partial charge in [0, 0.05) is 38.5 Å². The number of aromatic nitrogens is 2. The molecule has 0 saturated heterocycles. The zero-order valence-electron chi connectivity index (χ0n) is 30.0. The van der Waals surface area contributed by atoms with Gasteiger partial charge in [0.25, 0.3) is 0 Å². The lowest BCUT2D eigenvalue weighted by Gasteiger charge is -2.14. The highest BCUT2D eigenvalue weighted by molar-refractivity contribution is 6.26. The molecule has 2 aromatic heterocycles. The molecule has 0 atom stereocenters. The van der Waals surface area contributed by atoms with Gasteiger partial charge < -0.3 is 9.13 Å². The van der Waals surface area contributed by atoms with Crippen LogP contribution in [0.15, 0.2) is 182 Å². The number of rotatable bonds is 3. The fraction of sp³-hybridized carbons (Fsp3) is 0. The van der Waals surface area contributed by atoms with E-state index in [-0.39, 0.29) is 0 Å². The standard InChI is InChI=1S/C48H30N2/c1-2-13-32(14-3-1)50-46-24-11-8-19-40(46)42-22-12-21-34(48(42)50)31-25-28-47-44(29-31)41-20-9-10-23-45(41)49(47)33-26-27-39-37-17-5-4-15-35(37)36-16-6-7-18-38(36)43(39)30-33/h1-30H/i8D,9D,12D. The predicted octanol–water partition coefficient (Wildman–Crippen LogP) is 13.0. The van der Waals surface area contributed by atoms with Gasteiger partial charge >= 0.3 is 0 Å². The number of hydrogen-bond donors (Lipinski definition) is 0. The van der Waals surface area contributed by atoms with E-state index in [1.165, 1.54) is 32.3 Å². The molecule has 0 saturated carbocycles. The maximum atomic E-state index is 8.94. The Morgan fingerprint density at radius 3 is 1.62 bits per heavy atom. The fourth-order valence-corrected chi connectivity index (χ4v) is 8.34. The summed E-state index contributed by atoms with van der Waals surface area (Å²) in [6, 6.07) is 57.9. The molecule has 0 fully saturated rings. The first kappa shape index (κ1) is 24.5. The van der Waals surface area contributed by atoms with Crippen molar-refractivity contribution in [3.05, 3.63) is 182 Å². The maximum Gasteiger partial charge on any atom is 0.0623 e. The van der Waals surface area contributed by atoms with Gasteiger partial charge in [-0.15, -0.1) is 0 Å². The topological polar surface area (TPSA) is 9.86 Å². The third-order valence-electron chi connectivity index (χ3n) is 10.5. The summed E-state index contributed by atoms with van der Waals surface area (Å²) in [4.78, 5) is 0. The van der Waals surface area contributed by atoms with E-state index in [0.717, 1.165) is 66.1 Å². The van der Waals surface area contributed by atoms with Gasteiger partial charge in [0.1, 0.15) is 0 Å². The van der Waals surface area contributed by atoms with Crippen LogP contribution < -0.4 is 0 Å². The highest BCUT2D eigenvalue weighted by Crippen LogP contribution is 2.42. The summed E-state index contributed by atoms with van der Waals surface area (Å²) in [5.41, 5.74) is 8.14. The van der Waals surface area contributed by atoms with Crippen LogP contribution in [0.25, 0.3) is 98.4 Å². The van der Waals surface area contributed by atoms with Crippen LogP contribution in [0.2, 0.25) is 0 Å². The van der Waals surface area contributed by atoms with Gasteiger partial charge in [-0.1, -0.05) is 133 Å². The average Bonchev–Trinajstić information content (AvgIpc) is 3.69. The highest BCUT2D eigenvalue weighted by Gasteiger charge is 2.19. The Morgan fingerprint density at radius 2 is 0.900 bits per heavy atom. The van der Waals surface area contributed by atoms with Crippen molar-refractivity contribution in [3.8, 4) is 22.5 Å². The number of nitrogens with zero attached hydrogens (tertiary/aromatic N) is 2. The molecule has 0 radical (unpaired) electrons. The normalized spacial score (nSPS) is 12.8. The predicted molar refractivity (Wildman–Crippen MR) is 213 cm³/mol. The molecule has 0 unspecified atom stereocenters. The quantitative estimate of drug-likeness (QED) is 0.171. The van der Waals surface area contributed by atoms with Crippen molar-refractivity contribution in [2.45, 2.75) is 0 Å². The molecule has 0 aliphatic rings. The van der Waals surface area contributed by atoms with Crippen LogP contribution in [-0.2, 0) is 0 Å². The minimum atomic E-state index is 0.418. The smallest absolute Gasteiger partial charge is 0.0623 e. The van der Waals surface area contributed by atoms with E-state index < -0.39 is 0 Å². The molecule has 232 valence electrons. The Kier molecular flexibility index (Phi) is 5.11. The first-order chi connectivity index (χ1) is 26.0. The van der Waals surface area contributed by atoms with Crippen LogP contribution in [-0.4, -0.2) is 9.13 Å². The SMILES string of the molecule is [2H]c1ccc2c(c1)c1cc(-c3cc([2H])cc4c5cc([2H])ccc5n(-c5ccccc5)c34)ccc1n2-c1ccc2c3ccccc3c3ccccc3c2c1. The van der Waals surface area contributed by atoms with Crippen LogP contribution in [0.1, 0.15) is 4.11 Å². The minimum absolute atomic E-state index is 0.418. The average molecular weight is 638 g/mol. The van der Waals surface area contributed by atoms with Crippen LogP contribution in [0.5, 0.6) is 0 Å². The first-order valence-corrected chi connectivity index (χ1v) is 17.0. The summed E-state index contributed by atoms with van der Waals surface area (Å²) >= 11 is 0. The van der Waals surface area contributed by atoms with Crippen LogP contribution >= 0.6 is 0 Å². The van der Waals surface area contributed by atoms with Crippen molar-refractivity contribution in [1.82, 2.24) is 9.13 Å². The van der Waals surface area contributed by atoms with Crippen LogP contribution in [0.3, 0.4) is 0 Å². The largest absolute Gasteiger partial charge is 0.309 e. The first-order valence-electron chi connectivity index (χ1n) is 18.5. The molecule has 0 bridgehead atoms. The Balaban J connectivity index is 1.20. The molecule has 2 nitrogen and oxygen atoms in total. The lowest BCUT2D eigenvalue weighted by atomic mass is 9.94. The molecular formula is C48H30N2. The molecule has 50 heavy (non-hydrogen) atoms. The monoisotopic (exact) mass is 637 g/mol. The number of para-hydroxylation sites is 4. The molecule has 11 rings (SSSR count). The molecule has 2 heteroatoms. The van der Waals surface area contributed by atoms with Gasteiger partial charge in [0.05, 0.1) is 26.2 Å². The van der Waals surface area contributed by atoms with E-state index in [2.05, 4.69) is 112 Å². The van der Waals surface area contributed by atoms with E-state index in [9.17, 15) is 0 Å². The summed E-state index contributed by atoms with van der Waals surface area (Å²) in [7, 11) is 0. The van der Waals surface area contributed by atoms with E-state index in [1.54, 1.807) is 0 Å². The Morgan fingerprint density at radius 1 is 0.320 bits per heavy atom. The van der Waals surface area contributed by atoms with Gasteiger partial charge in [-0.2, -0.15) is 0 Å². The van der Waals surface area contributed by atoms with Gasteiger partial charge in [0.15, 0.2) is 0 Å². The zero-order chi connectivity index (χ0) is 35.4. The molecule has 0 amide bonds. The van der Waals surface area contributed by atoms with Crippen LogP contribution in [0, 0.1) is 0 Å². The summed E-state index contributed by atoms with van der Waals surface area (Å²) in [6.45, 7) is 0. The second kappa shape index (κ2) is 10.4. The van der Waals surface area contributed by atoms with Crippen molar-refractivity contribution in [2.75, 3.05) is 0 Å². The van der Waals surface area contributed by atoms with Gasteiger partial charge in [-0.3, -0.25) is 0 Å². The maximum absolute atomic E-state index is 8.94. The molecule has 0 aliphatic carbocycles. The molecule has 11 aromatic rings. The van der Waals surface area contributed by atoms with Gasteiger partial charge in [-0.25, -0.2) is 0 Å². The Bertz CT molecular complexity index is 3280.